The second-order valence-electron chi connectivity index (χ2n) is 10.7. The van der Waals surface area contributed by atoms with Crippen molar-refractivity contribution in [1.82, 2.24) is 19.6 Å². The predicted octanol–water partition coefficient (Wildman–Crippen LogP) is 5.28. The molecule has 0 spiro atoms. The Morgan fingerprint density at radius 2 is 1.66 bits per heavy atom. The van der Waals surface area contributed by atoms with Crippen molar-refractivity contribution in [1.29, 1.82) is 0 Å². The summed E-state index contributed by atoms with van der Waals surface area (Å²) in [6.45, 7) is 15.1. The zero-order chi connectivity index (χ0) is 24.5. The molecule has 5 rings (SSSR count). The third kappa shape index (κ3) is 5.31. The highest BCUT2D eigenvalue weighted by molar-refractivity contribution is 5.56. The van der Waals surface area contributed by atoms with Gasteiger partial charge in [-0.15, -0.1) is 0 Å². The Labute approximate surface area is 211 Å². The van der Waals surface area contributed by atoms with E-state index < -0.39 is 0 Å². The fraction of sp³-hybridized carbons (Fsp3) is 0.500. The van der Waals surface area contributed by atoms with Gasteiger partial charge in [0.1, 0.15) is 5.82 Å². The van der Waals surface area contributed by atoms with E-state index >= 15 is 0 Å². The third-order valence-electron chi connectivity index (χ3n) is 7.73. The lowest BCUT2D eigenvalue weighted by Crippen LogP contribution is -2.45. The van der Waals surface area contributed by atoms with Crippen LogP contribution >= 0.6 is 0 Å². The van der Waals surface area contributed by atoms with Crippen LogP contribution in [0.2, 0.25) is 0 Å². The molecule has 0 amide bonds. The predicted molar refractivity (Wildman–Crippen MR) is 146 cm³/mol. The fourth-order valence-corrected chi connectivity index (χ4v) is 5.36. The molecule has 1 saturated heterocycles. The SMILES string of the molecule is CCc1nn(-c2cccc(C)c2)c(N2CCN(C)CC2)c1CN(Cc1cc(C)ccc1C)C1CC1. The maximum atomic E-state index is 5.24. The lowest BCUT2D eigenvalue weighted by Gasteiger charge is -2.35. The molecule has 1 aliphatic heterocycles. The third-order valence-corrected chi connectivity index (χ3v) is 7.73. The van der Waals surface area contributed by atoms with Crippen LogP contribution < -0.4 is 4.90 Å². The number of likely N-dealkylation sites (N-methyl/N-ethyl adjacent to an activating group) is 1. The number of nitrogens with zero attached hydrogens (tertiary/aromatic N) is 5. The number of hydrogen-bond acceptors (Lipinski definition) is 4. The summed E-state index contributed by atoms with van der Waals surface area (Å²) in [7, 11) is 2.23. The Kier molecular flexibility index (Phi) is 6.99. The van der Waals surface area contributed by atoms with E-state index in [0.717, 1.165) is 45.7 Å². The van der Waals surface area contributed by atoms with Gasteiger partial charge in [0, 0.05) is 50.9 Å². The van der Waals surface area contributed by atoms with E-state index in [1.165, 1.54) is 57.9 Å². The average molecular weight is 472 g/mol. The smallest absolute Gasteiger partial charge is 0.137 e. The van der Waals surface area contributed by atoms with Crippen molar-refractivity contribution < 1.29 is 0 Å². The van der Waals surface area contributed by atoms with Crippen LogP contribution in [0.15, 0.2) is 42.5 Å². The highest BCUT2D eigenvalue weighted by atomic mass is 15.4. The van der Waals surface area contributed by atoms with Gasteiger partial charge in [-0.05, 0) is 75.9 Å². The van der Waals surface area contributed by atoms with Crippen molar-refractivity contribution in [2.45, 2.75) is 66.1 Å². The van der Waals surface area contributed by atoms with Gasteiger partial charge >= 0.3 is 0 Å². The minimum absolute atomic E-state index is 0.683. The van der Waals surface area contributed by atoms with Gasteiger partial charge in [0.2, 0.25) is 0 Å². The van der Waals surface area contributed by atoms with Crippen LogP contribution in [0.25, 0.3) is 5.69 Å². The number of rotatable bonds is 8. The van der Waals surface area contributed by atoms with Crippen molar-refractivity contribution >= 4 is 5.82 Å². The normalized spacial score (nSPS) is 16.9. The highest BCUT2D eigenvalue weighted by Gasteiger charge is 2.33. The molecular weight excluding hydrogens is 430 g/mol. The molecule has 1 aromatic heterocycles. The second kappa shape index (κ2) is 10.2. The van der Waals surface area contributed by atoms with Gasteiger partial charge in [-0.2, -0.15) is 5.10 Å². The number of aromatic nitrogens is 2. The molecular formula is C30H41N5. The Morgan fingerprint density at radius 3 is 2.34 bits per heavy atom. The molecule has 2 heterocycles. The first-order chi connectivity index (χ1) is 16.9. The zero-order valence-electron chi connectivity index (χ0n) is 22.2. The van der Waals surface area contributed by atoms with Crippen molar-refractivity contribution in [3.8, 4) is 5.69 Å². The van der Waals surface area contributed by atoms with Crippen molar-refractivity contribution in [3.05, 3.63) is 76.0 Å². The van der Waals surface area contributed by atoms with E-state index in [4.69, 9.17) is 5.10 Å². The summed E-state index contributed by atoms with van der Waals surface area (Å²) in [6.07, 6.45) is 3.57. The molecule has 0 atom stereocenters. The molecule has 0 unspecified atom stereocenters. The standard InChI is InChI=1S/C30H41N5/c1-6-29-28(21-34(26-12-13-26)20-25-18-23(3)10-11-24(25)4)30(33-16-14-32(5)15-17-33)35(31-29)27-9-7-8-22(2)19-27/h7-11,18-19,26H,6,12-17,20-21H2,1-5H3. The summed E-state index contributed by atoms with van der Waals surface area (Å²) in [5.74, 6) is 1.31. The zero-order valence-corrected chi connectivity index (χ0v) is 22.2. The number of hydrogen-bond donors (Lipinski definition) is 0. The Hall–Kier alpha value is -2.63. The molecule has 3 aromatic rings. The monoisotopic (exact) mass is 471 g/mol. The number of aryl methyl sites for hydroxylation is 4. The maximum absolute atomic E-state index is 5.24. The van der Waals surface area contributed by atoms with Gasteiger partial charge in [0.05, 0.1) is 11.4 Å². The van der Waals surface area contributed by atoms with Crippen LogP contribution in [0.1, 0.15) is 53.3 Å². The lowest BCUT2D eigenvalue weighted by molar-refractivity contribution is 0.244. The minimum atomic E-state index is 0.683. The molecule has 0 bridgehead atoms. The van der Waals surface area contributed by atoms with Gasteiger partial charge in [-0.1, -0.05) is 42.8 Å². The quantitative estimate of drug-likeness (QED) is 0.447. The molecule has 1 aliphatic carbocycles. The minimum Gasteiger partial charge on any atom is -0.354 e. The summed E-state index contributed by atoms with van der Waals surface area (Å²) >= 11 is 0. The van der Waals surface area contributed by atoms with Gasteiger partial charge in [-0.25, -0.2) is 4.68 Å². The van der Waals surface area contributed by atoms with Crippen LogP contribution in [0, 0.1) is 20.8 Å². The highest BCUT2D eigenvalue weighted by Crippen LogP contribution is 2.35. The number of piperazine rings is 1. The van der Waals surface area contributed by atoms with Gasteiger partial charge in [-0.3, -0.25) is 4.90 Å². The Morgan fingerprint density at radius 1 is 0.914 bits per heavy atom. The first-order valence-electron chi connectivity index (χ1n) is 13.3. The number of anilines is 1. The van der Waals surface area contributed by atoms with Crippen LogP contribution in [-0.4, -0.2) is 58.8 Å². The lowest BCUT2D eigenvalue weighted by atomic mass is 10.0. The van der Waals surface area contributed by atoms with Crippen LogP contribution in [0.3, 0.4) is 0 Å². The molecule has 35 heavy (non-hydrogen) atoms. The summed E-state index contributed by atoms with van der Waals surface area (Å²) in [5.41, 5.74) is 9.32. The molecule has 5 nitrogen and oxygen atoms in total. The molecule has 5 heteroatoms. The average Bonchev–Trinajstić information content (AvgIpc) is 3.63. The molecule has 1 saturated carbocycles. The van der Waals surface area contributed by atoms with Crippen LogP contribution in [-0.2, 0) is 19.5 Å². The molecule has 0 radical (unpaired) electrons. The fourth-order valence-electron chi connectivity index (χ4n) is 5.36. The summed E-state index contributed by atoms with van der Waals surface area (Å²) in [5, 5.41) is 5.24. The van der Waals surface area contributed by atoms with E-state index in [1.807, 2.05) is 0 Å². The van der Waals surface area contributed by atoms with Crippen molar-refractivity contribution in [2.24, 2.45) is 0 Å². The number of benzene rings is 2. The van der Waals surface area contributed by atoms with Gasteiger partial charge in [0.15, 0.2) is 0 Å². The Bertz CT molecular complexity index is 1170. The maximum Gasteiger partial charge on any atom is 0.137 e. The van der Waals surface area contributed by atoms with Crippen molar-refractivity contribution in [3.63, 3.8) is 0 Å². The summed E-state index contributed by atoms with van der Waals surface area (Å²) in [4.78, 5) is 7.74. The van der Waals surface area contributed by atoms with E-state index in [1.54, 1.807) is 0 Å². The molecule has 0 N–H and O–H groups in total. The van der Waals surface area contributed by atoms with Gasteiger partial charge in [0.25, 0.3) is 0 Å². The summed E-state index contributed by atoms with van der Waals surface area (Å²) < 4.78 is 2.25. The van der Waals surface area contributed by atoms with Crippen LogP contribution in [0.5, 0.6) is 0 Å². The largest absolute Gasteiger partial charge is 0.354 e. The van der Waals surface area contributed by atoms with Gasteiger partial charge < -0.3 is 9.80 Å². The molecule has 2 fully saturated rings. The van der Waals surface area contributed by atoms with E-state index in [0.29, 0.717) is 6.04 Å². The van der Waals surface area contributed by atoms with E-state index in [-0.39, 0.29) is 0 Å². The first-order valence-corrected chi connectivity index (χ1v) is 13.3. The topological polar surface area (TPSA) is 27.5 Å². The first kappa shape index (κ1) is 24.1. The van der Waals surface area contributed by atoms with Crippen LogP contribution in [0.4, 0.5) is 5.82 Å². The van der Waals surface area contributed by atoms with E-state index in [9.17, 15) is 0 Å². The van der Waals surface area contributed by atoms with Crippen molar-refractivity contribution in [2.75, 3.05) is 38.1 Å². The molecule has 2 aliphatic rings. The molecule has 186 valence electrons. The van der Waals surface area contributed by atoms with E-state index in [2.05, 4.69) is 96.6 Å². The Balaban J connectivity index is 1.55. The summed E-state index contributed by atoms with van der Waals surface area (Å²) in [6, 6.07) is 16.4. The molecule has 2 aromatic carbocycles. The second-order valence-corrected chi connectivity index (χ2v) is 10.7.